The number of amides is 2. The summed E-state index contributed by atoms with van der Waals surface area (Å²) in [7, 11) is 0. The molecule has 1 aliphatic rings. The van der Waals surface area contributed by atoms with Gasteiger partial charge >= 0.3 is 0 Å². The van der Waals surface area contributed by atoms with Crippen LogP contribution in [0.3, 0.4) is 0 Å². The van der Waals surface area contributed by atoms with Crippen LogP contribution in [0.25, 0.3) is 5.69 Å². The summed E-state index contributed by atoms with van der Waals surface area (Å²) in [5.74, 6) is -0.0711. The Morgan fingerprint density at radius 2 is 1.85 bits per heavy atom. The summed E-state index contributed by atoms with van der Waals surface area (Å²) in [5.41, 5.74) is 1.20. The van der Waals surface area contributed by atoms with E-state index in [0.717, 1.165) is 25.1 Å². The fraction of sp³-hybridized carbons (Fsp3) is 0.474. The standard InChI is InChI=1S/C19H26N6O2/c1-2-3-9-20-18(26)15-23-10-12-24(13-11-23)19(27)17-14-25(22-21-17)16-7-5-4-6-8-16/h4-8,14H,2-3,9-13,15H2,1H3,(H,20,26). The van der Waals surface area contributed by atoms with Crippen LogP contribution in [0.5, 0.6) is 0 Å². The van der Waals surface area contributed by atoms with Gasteiger partial charge in [0.2, 0.25) is 5.91 Å². The van der Waals surface area contributed by atoms with Crippen LogP contribution in [0.1, 0.15) is 30.3 Å². The molecule has 0 radical (unpaired) electrons. The molecule has 144 valence electrons. The van der Waals surface area contributed by atoms with Crippen molar-refractivity contribution >= 4 is 11.8 Å². The largest absolute Gasteiger partial charge is 0.355 e. The molecule has 2 amide bonds. The quantitative estimate of drug-likeness (QED) is 0.734. The van der Waals surface area contributed by atoms with Crippen molar-refractivity contribution in [1.29, 1.82) is 0 Å². The van der Waals surface area contributed by atoms with Crippen molar-refractivity contribution in [3.63, 3.8) is 0 Å². The minimum atomic E-state index is -0.121. The average molecular weight is 370 g/mol. The van der Waals surface area contributed by atoms with Gasteiger partial charge in [0, 0.05) is 32.7 Å². The van der Waals surface area contributed by atoms with Gasteiger partial charge in [-0.1, -0.05) is 36.8 Å². The maximum Gasteiger partial charge on any atom is 0.276 e. The summed E-state index contributed by atoms with van der Waals surface area (Å²) < 4.78 is 1.60. The first-order valence-electron chi connectivity index (χ1n) is 9.43. The van der Waals surface area contributed by atoms with Crippen molar-refractivity contribution in [2.24, 2.45) is 0 Å². The highest BCUT2D eigenvalue weighted by Crippen LogP contribution is 2.10. The first-order chi connectivity index (χ1) is 13.2. The zero-order chi connectivity index (χ0) is 19.1. The first kappa shape index (κ1) is 19.0. The van der Waals surface area contributed by atoms with Crippen molar-refractivity contribution in [1.82, 2.24) is 30.1 Å². The van der Waals surface area contributed by atoms with Crippen LogP contribution >= 0.6 is 0 Å². The van der Waals surface area contributed by atoms with Gasteiger partial charge in [-0.2, -0.15) is 0 Å². The Kier molecular flexibility index (Phi) is 6.54. The number of nitrogens with zero attached hydrogens (tertiary/aromatic N) is 5. The summed E-state index contributed by atoms with van der Waals surface area (Å²) in [6.45, 7) is 5.74. The topological polar surface area (TPSA) is 83.4 Å². The molecule has 0 unspecified atom stereocenters. The minimum absolute atomic E-state index is 0.0500. The number of unbranched alkanes of at least 4 members (excludes halogenated alkanes) is 1. The molecule has 8 nitrogen and oxygen atoms in total. The molecule has 0 atom stereocenters. The third-order valence-electron chi connectivity index (χ3n) is 4.61. The number of piperazine rings is 1. The van der Waals surface area contributed by atoms with Crippen LogP contribution < -0.4 is 5.32 Å². The SMILES string of the molecule is CCCCNC(=O)CN1CCN(C(=O)c2cn(-c3ccccc3)nn2)CC1. The molecule has 2 heterocycles. The van der Waals surface area contributed by atoms with Crippen molar-refractivity contribution in [3.05, 3.63) is 42.2 Å². The van der Waals surface area contributed by atoms with Crippen molar-refractivity contribution in [2.45, 2.75) is 19.8 Å². The van der Waals surface area contributed by atoms with Crippen molar-refractivity contribution in [2.75, 3.05) is 39.3 Å². The molecule has 27 heavy (non-hydrogen) atoms. The van der Waals surface area contributed by atoms with E-state index in [0.29, 0.717) is 38.4 Å². The maximum absolute atomic E-state index is 12.7. The number of nitrogens with one attached hydrogen (secondary N) is 1. The van der Waals surface area contributed by atoms with Gasteiger partial charge in [0.25, 0.3) is 5.91 Å². The Morgan fingerprint density at radius 3 is 2.56 bits per heavy atom. The van der Waals surface area contributed by atoms with E-state index < -0.39 is 0 Å². The van der Waals surface area contributed by atoms with Crippen LogP contribution in [0.4, 0.5) is 0 Å². The van der Waals surface area contributed by atoms with Gasteiger partial charge in [-0.3, -0.25) is 14.5 Å². The van der Waals surface area contributed by atoms with Crippen molar-refractivity contribution in [3.8, 4) is 5.69 Å². The lowest BCUT2D eigenvalue weighted by Gasteiger charge is -2.33. The van der Waals surface area contributed by atoms with E-state index >= 15 is 0 Å². The normalized spacial score (nSPS) is 14.9. The summed E-state index contributed by atoms with van der Waals surface area (Å²) in [6.07, 6.45) is 3.72. The molecule has 0 bridgehead atoms. The van der Waals surface area contributed by atoms with Crippen LogP contribution in [-0.2, 0) is 4.79 Å². The molecule has 1 N–H and O–H groups in total. The average Bonchev–Trinajstić information content (AvgIpc) is 3.19. The van der Waals surface area contributed by atoms with Crippen LogP contribution in [0.2, 0.25) is 0 Å². The molecular weight excluding hydrogens is 344 g/mol. The Bertz CT molecular complexity index is 753. The highest BCUT2D eigenvalue weighted by molar-refractivity contribution is 5.92. The zero-order valence-corrected chi connectivity index (χ0v) is 15.7. The fourth-order valence-corrected chi connectivity index (χ4v) is 3.00. The second-order valence-corrected chi connectivity index (χ2v) is 6.66. The van der Waals surface area contributed by atoms with Gasteiger partial charge in [-0.25, -0.2) is 4.68 Å². The Labute approximate surface area is 159 Å². The number of hydrogen-bond donors (Lipinski definition) is 1. The summed E-state index contributed by atoms with van der Waals surface area (Å²) in [6, 6.07) is 9.57. The fourth-order valence-electron chi connectivity index (χ4n) is 3.00. The van der Waals surface area contributed by atoms with Gasteiger partial charge in [0.05, 0.1) is 18.4 Å². The predicted octanol–water partition coefficient (Wildman–Crippen LogP) is 0.941. The first-order valence-corrected chi connectivity index (χ1v) is 9.43. The second-order valence-electron chi connectivity index (χ2n) is 6.66. The summed E-state index contributed by atoms with van der Waals surface area (Å²) in [4.78, 5) is 28.4. The van der Waals surface area contributed by atoms with E-state index in [-0.39, 0.29) is 11.8 Å². The molecule has 0 saturated carbocycles. The maximum atomic E-state index is 12.7. The Morgan fingerprint density at radius 1 is 1.11 bits per heavy atom. The highest BCUT2D eigenvalue weighted by Gasteiger charge is 2.25. The molecule has 1 fully saturated rings. The van der Waals surface area contributed by atoms with Gasteiger partial charge in [0.15, 0.2) is 5.69 Å². The molecule has 1 aliphatic heterocycles. The number of aromatic nitrogens is 3. The molecule has 1 aromatic heterocycles. The van der Waals surface area contributed by atoms with E-state index in [1.165, 1.54) is 0 Å². The number of benzene rings is 1. The van der Waals surface area contributed by atoms with Crippen LogP contribution in [0, 0.1) is 0 Å². The lowest BCUT2D eigenvalue weighted by molar-refractivity contribution is -0.122. The van der Waals surface area contributed by atoms with E-state index in [9.17, 15) is 9.59 Å². The Balaban J connectivity index is 1.49. The lowest BCUT2D eigenvalue weighted by Crippen LogP contribution is -2.51. The molecular formula is C19H26N6O2. The monoisotopic (exact) mass is 370 g/mol. The van der Waals surface area contributed by atoms with Crippen LogP contribution in [-0.4, -0.2) is 75.9 Å². The Hall–Kier alpha value is -2.74. The molecule has 0 aliphatic carbocycles. The van der Waals surface area contributed by atoms with Gasteiger partial charge in [-0.05, 0) is 18.6 Å². The third kappa shape index (κ3) is 5.13. The zero-order valence-electron chi connectivity index (χ0n) is 15.7. The molecule has 0 spiro atoms. The van der Waals surface area contributed by atoms with Crippen molar-refractivity contribution < 1.29 is 9.59 Å². The minimum Gasteiger partial charge on any atom is -0.355 e. The molecule has 3 rings (SSSR count). The van der Waals surface area contributed by atoms with Gasteiger partial charge in [0.1, 0.15) is 0 Å². The number of para-hydroxylation sites is 1. The van der Waals surface area contributed by atoms with Gasteiger partial charge in [-0.15, -0.1) is 5.10 Å². The third-order valence-corrected chi connectivity index (χ3v) is 4.61. The summed E-state index contributed by atoms with van der Waals surface area (Å²) in [5, 5.41) is 11.0. The molecule has 8 heteroatoms. The smallest absolute Gasteiger partial charge is 0.276 e. The lowest BCUT2D eigenvalue weighted by atomic mass is 10.2. The predicted molar refractivity (Wildman–Crippen MR) is 102 cm³/mol. The number of hydrogen-bond acceptors (Lipinski definition) is 5. The number of carbonyl (C=O) groups is 2. The molecule has 1 saturated heterocycles. The van der Waals surface area contributed by atoms with E-state index in [4.69, 9.17) is 0 Å². The van der Waals surface area contributed by atoms with Gasteiger partial charge < -0.3 is 10.2 Å². The molecule has 2 aromatic rings. The van der Waals surface area contributed by atoms with Crippen LogP contribution in [0.15, 0.2) is 36.5 Å². The summed E-state index contributed by atoms with van der Waals surface area (Å²) >= 11 is 0. The molecule has 1 aromatic carbocycles. The number of carbonyl (C=O) groups excluding carboxylic acids is 2. The number of rotatable bonds is 7. The van der Waals surface area contributed by atoms with E-state index in [2.05, 4.69) is 27.5 Å². The second kappa shape index (κ2) is 9.27. The van der Waals surface area contributed by atoms with E-state index in [1.807, 2.05) is 30.3 Å². The highest BCUT2D eigenvalue weighted by atomic mass is 16.2. The van der Waals surface area contributed by atoms with E-state index in [1.54, 1.807) is 15.8 Å².